The summed E-state index contributed by atoms with van der Waals surface area (Å²) in [6, 6.07) is 24.1. The van der Waals surface area contributed by atoms with Gasteiger partial charge in [0.1, 0.15) is 5.82 Å². The molecule has 35 heavy (non-hydrogen) atoms. The van der Waals surface area contributed by atoms with Crippen molar-refractivity contribution in [3.63, 3.8) is 0 Å². The zero-order valence-corrected chi connectivity index (χ0v) is 19.9. The Bertz CT molecular complexity index is 1530. The van der Waals surface area contributed by atoms with Gasteiger partial charge in [-0.05, 0) is 47.4 Å². The summed E-state index contributed by atoms with van der Waals surface area (Å²) in [6.07, 6.45) is 4.27. The SMILES string of the molecule is CC(Cc1ccc(-c2cnc(N)nc2)cc1)c1nc2cc(C#N)ccc2n1Cc1ccccc1Cl. The molecule has 3 aromatic carbocycles. The van der Waals surface area contributed by atoms with Crippen molar-refractivity contribution in [1.82, 2.24) is 19.5 Å². The first-order chi connectivity index (χ1) is 17.0. The van der Waals surface area contributed by atoms with Crippen molar-refractivity contribution < 1.29 is 0 Å². The van der Waals surface area contributed by atoms with E-state index in [1.807, 2.05) is 42.5 Å². The molecule has 1 unspecified atom stereocenters. The van der Waals surface area contributed by atoms with Gasteiger partial charge in [-0.25, -0.2) is 15.0 Å². The van der Waals surface area contributed by atoms with Crippen LogP contribution in [0.1, 0.15) is 35.4 Å². The molecule has 2 N–H and O–H groups in total. The van der Waals surface area contributed by atoms with E-state index in [-0.39, 0.29) is 11.9 Å². The van der Waals surface area contributed by atoms with Crippen LogP contribution in [0.3, 0.4) is 0 Å². The summed E-state index contributed by atoms with van der Waals surface area (Å²) in [5, 5.41) is 10.1. The van der Waals surface area contributed by atoms with Crippen molar-refractivity contribution in [3.05, 3.63) is 107 Å². The molecule has 0 spiro atoms. The average Bonchev–Trinajstić information content (AvgIpc) is 3.24. The minimum absolute atomic E-state index is 0.140. The van der Waals surface area contributed by atoms with E-state index in [2.05, 4.69) is 51.8 Å². The molecule has 0 bridgehead atoms. The van der Waals surface area contributed by atoms with Crippen molar-refractivity contribution >= 4 is 28.6 Å². The summed E-state index contributed by atoms with van der Waals surface area (Å²) < 4.78 is 2.21. The number of imidazole rings is 1. The van der Waals surface area contributed by atoms with Crippen LogP contribution in [0.25, 0.3) is 22.2 Å². The molecular weight excluding hydrogens is 456 g/mol. The molecule has 0 aliphatic heterocycles. The molecule has 2 aromatic heterocycles. The van der Waals surface area contributed by atoms with E-state index in [9.17, 15) is 5.26 Å². The van der Waals surface area contributed by atoms with Gasteiger partial charge in [0.25, 0.3) is 0 Å². The third-order valence-corrected chi connectivity index (χ3v) is 6.50. The van der Waals surface area contributed by atoms with E-state index in [4.69, 9.17) is 22.3 Å². The van der Waals surface area contributed by atoms with Gasteiger partial charge < -0.3 is 10.3 Å². The summed E-state index contributed by atoms with van der Waals surface area (Å²) in [6.45, 7) is 2.79. The second-order valence-electron chi connectivity index (χ2n) is 8.59. The number of halogens is 1. The first kappa shape index (κ1) is 22.6. The molecule has 7 heteroatoms. The van der Waals surface area contributed by atoms with Gasteiger partial charge in [-0.3, -0.25) is 0 Å². The fraction of sp³-hybridized carbons (Fsp3) is 0.143. The number of hydrogen-bond donors (Lipinski definition) is 1. The lowest BCUT2D eigenvalue weighted by atomic mass is 9.98. The molecule has 0 radical (unpaired) electrons. The van der Waals surface area contributed by atoms with Gasteiger partial charge in [-0.15, -0.1) is 0 Å². The summed E-state index contributed by atoms with van der Waals surface area (Å²) in [5.41, 5.74) is 12.2. The summed E-state index contributed by atoms with van der Waals surface area (Å²) in [5.74, 6) is 1.37. The highest BCUT2D eigenvalue weighted by Crippen LogP contribution is 2.29. The number of nitrogens with zero attached hydrogens (tertiary/aromatic N) is 5. The number of nitrogens with two attached hydrogens (primary N) is 1. The number of nitriles is 1. The van der Waals surface area contributed by atoms with Gasteiger partial charge >= 0.3 is 0 Å². The predicted octanol–water partition coefficient (Wildman–Crippen LogP) is 6.00. The third-order valence-electron chi connectivity index (χ3n) is 6.13. The lowest BCUT2D eigenvalue weighted by Crippen LogP contribution is -2.10. The number of rotatable bonds is 6. The van der Waals surface area contributed by atoms with Crippen LogP contribution < -0.4 is 5.73 Å². The molecule has 0 aliphatic carbocycles. The van der Waals surface area contributed by atoms with Crippen LogP contribution in [-0.4, -0.2) is 19.5 Å². The second-order valence-corrected chi connectivity index (χ2v) is 9.00. The average molecular weight is 479 g/mol. The van der Waals surface area contributed by atoms with Gasteiger partial charge in [0.05, 0.1) is 29.2 Å². The van der Waals surface area contributed by atoms with Gasteiger partial charge in [0.15, 0.2) is 0 Å². The Hall–Kier alpha value is -4.21. The number of aromatic nitrogens is 4. The molecular formula is C28H23ClN6. The summed E-state index contributed by atoms with van der Waals surface area (Å²) >= 11 is 6.48. The van der Waals surface area contributed by atoms with Crippen LogP contribution in [-0.2, 0) is 13.0 Å². The van der Waals surface area contributed by atoms with Crippen molar-refractivity contribution in [3.8, 4) is 17.2 Å². The zero-order valence-electron chi connectivity index (χ0n) is 19.2. The van der Waals surface area contributed by atoms with Crippen molar-refractivity contribution in [2.75, 3.05) is 5.73 Å². The second kappa shape index (κ2) is 9.57. The van der Waals surface area contributed by atoms with Crippen molar-refractivity contribution in [2.24, 2.45) is 0 Å². The van der Waals surface area contributed by atoms with Crippen LogP contribution in [0, 0.1) is 11.3 Å². The zero-order chi connectivity index (χ0) is 24.4. The Morgan fingerprint density at radius 3 is 2.46 bits per heavy atom. The fourth-order valence-corrected chi connectivity index (χ4v) is 4.52. The number of hydrogen-bond acceptors (Lipinski definition) is 5. The van der Waals surface area contributed by atoms with Gasteiger partial charge in [-0.2, -0.15) is 5.26 Å². The molecule has 0 amide bonds. The maximum Gasteiger partial charge on any atom is 0.219 e. The molecule has 0 fully saturated rings. The Balaban J connectivity index is 1.46. The smallest absolute Gasteiger partial charge is 0.219 e. The minimum Gasteiger partial charge on any atom is -0.368 e. The standard InChI is InChI=1S/C28H23ClN6/c1-18(12-19-6-9-21(10-7-19)23-15-32-28(31)33-16-23)27-34-25-13-20(14-30)8-11-26(25)35(27)17-22-4-2-3-5-24(22)29/h2-11,13,15-16,18H,12,17H2,1H3,(H2,31,32,33). The molecule has 0 saturated carbocycles. The van der Waals surface area contributed by atoms with E-state index in [0.717, 1.165) is 45.0 Å². The van der Waals surface area contributed by atoms with E-state index in [0.29, 0.717) is 12.1 Å². The van der Waals surface area contributed by atoms with Crippen LogP contribution in [0.5, 0.6) is 0 Å². The van der Waals surface area contributed by atoms with Gasteiger partial charge in [0, 0.05) is 28.9 Å². The summed E-state index contributed by atoms with van der Waals surface area (Å²) in [7, 11) is 0. The van der Waals surface area contributed by atoms with E-state index < -0.39 is 0 Å². The molecule has 6 nitrogen and oxygen atoms in total. The lowest BCUT2D eigenvalue weighted by molar-refractivity contribution is 0.640. The minimum atomic E-state index is 0.140. The maximum absolute atomic E-state index is 9.35. The Morgan fingerprint density at radius 2 is 1.74 bits per heavy atom. The highest BCUT2D eigenvalue weighted by molar-refractivity contribution is 6.31. The number of benzene rings is 3. The number of fused-ring (bicyclic) bond motifs is 1. The quantitative estimate of drug-likeness (QED) is 0.323. The van der Waals surface area contributed by atoms with Crippen LogP contribution >= 0.6 is 11.6 Å². The monoisotopic (exact) mass is 478 g/mol. The molecule has 2 heterocycles. The van der Waals surface area contributed by atoms with Crippen molar-refractivity contribution in [1.29, 1.82) is 5.26 Å². The fourth-order valence-electron chi connectivity index (χ4n) is 4.32. The van der Waals surface area contributed by atoms with Crippen LogP contribution in [0.15, 0.2) is 79.1 Å². The Kier molecular flexibility index (Phi) is 6.17. The normalized spacial score (nSPS) is 11.9. The number of anilines is 1. The van der Waals surface area contributed by atoms with Crippen molar-refractivity contribution in [2.45, 2.75) is 25.8 Å². The first-order valence-electron chi connectivity index (χ1n) is 11.3. The molecule has 0 aliphatic rings. The highest BCUT2D eigenvalue weighted by atomic mass is 35.5. The van der Waals surface area contributed by atoms with E-state index in [1.54, 1.807) is 12.4 Å². The molecule has 1 atom stereocenters. The number of nitrogen functional groups attached to an aromatic ring is 1. The van der Waals surface area contributed by atoms with E-state index >= 15 is 0 Å². The topological polar surface area (TPSA) is 93.4 Å². The largest absolute Gasteiger partial charge is 0.368 e. The third kappa shape index (κ3) is 4.72. The molecule has 5 aromatic rings. The maximum atomic E-state index is 9.35. The van der Waals surface area contributed by atoms with Gasteiger partial charge in [0.2, 0.25) is 5.95 Å². The molecule has 0 saturated heterocycles. The predicted molar refractivity (Wildman–Crippen MR) is 139 cm³/mol. The lowest BCUT2D eigenvalue weighted by Gasteiger charge is -2.16. The Morgan fingerprint density at radius 1 is 1.00 bits per heavy atom. The van der Waals surface area contributed by atoms with E-state index in [1.165, 1.54) is 5.56 Å². The van der Waals surface area contributed by atoms with Gasteiger partial charge in [-0.1, -0.05) is 61.0 Å². The van der Waals surface area contributed by atoms with Crippen LogP contribution in [0.2, 0.25) is 5.02 Å². The molecule has 5 rings (SSSR count). The summed E-state index contributed by atoms with van der Waals surface area (Å²) in [4.78, 5) is 13.1. The molecule has 172 valence electrons. The van der Waals surface area contributed by atoms with Crippen LogP contribution in [0.4, 0.5) is 5.95 Å². The Labute approximate surface area is 208 Å². The first-order valence-corrected chi connectivity index (χ1v) is 11.7. The highest BCUT2D eigenvalue weighted by Gasteiger charge is 2.19.